The molecule has 1 heterocycles. The van der Waals surface area contributed by atoms with Gasteiger partial charge in [-0.05, 0) is 35.9 Å². The molecule has 0 aliphatic carbocycles. The monoisotopic (exact) mass is 526 g/mol. The normalized spacial score (nSPS) is 10.6. The van der Waals surface area contributed by atoms with Gasteiger partial charge < -0.3 is 24.8 Å². The number of halogens is 1. The molecule has 2 amide bonds. The Morgan fingerprint density at radius 2 is 1.63 bits per heavy atom. The number of benzene rings is 4. The molecule has 0 aliphatic rings. The average molecular weight is 527 g/mol. The summed E-state index contributed by atoms with van der Waals surface area (Å²) in [6.07, 6.45) is 1.41. The van der Waals surface area contributed by atoms with Gasteiger partial charge >= 0.3 is 6.03 Å². The molecule has 2 N–H and O–H groups in total. The molecular weight excluding hydrogens is 504 g/mol. The molecule has 5 rings (SSSR count). The smallest absolute Gasteiger partial charge is 0.323 e. The first-order valence-corrected chi connectivity index (χ1v) is 12.1. The number of nitrogens with zero attached hydrogens (tertiary/aromatic N) is 2. The number of anilines is 2. The van der Waals surface area contributed by atoms with Gasteiger partial charge in [0.05, 0.1) is 28.7 Å². The Balaban J connectivity index is 1.32. The van der Waals surface area contributed by atoms with Crippen molar-refractivity contribution in [2.24, 2.45) is 0 Å². The lowest BCUT2D eigenvalue weighted by Crippen LogP contribution is -2.19. The molecule has 9 heteroatoms. The summed E-state index contributed by atoms with van der Waals surface area (Å²) >= 11 is 6.42. The standard InChI is InChI=1S/C29H23ClN4O4/c1-36-26-15-22-25(16-27(26)37-17-19-8-4-2-5-9-19)31-18-32-28(22)38-21-12-13-24(23(30)14-21)34-29(35)33-20-10-6-3-7-11-20/h2-16,18H,17H2,1H3,(H2,33,34,35). The molecule has 0 spiro atoms. The summed E-state index contributed by atoms with van der Waals surface area (Å²) in [5, 5.41) is 6.42. The van der Waals surface area contributed by atoms with Crippen LogP contribution in [0.3, 0.4) is 0 Å². The minimum atomic E-state index is -0.411. The van der Waals surface area contributed by atoms with Crippen LogP contribution in [-0.2, 0) is 6.61 Å². The number of rotatable bonds is 8. The van der Waals surface area contributed by atoms with Crippen LogP contribution in [0.25, 0.3) is 10.9 Å². The summed E-state index contributed by atoms with van der Waals surface area (Å²) in [6, 6.07) is 27.1. The molecule has 8 nitrogen and oxygen atoms in total. The predicted octanol–water partition coefficient (Wildman–Crippen LogP) is 7.31. The lowest BCUT2D eigenvalue weighted by molar-refractivity contribution is 0.262. The van der Waals surface area contributed by atoms with Gasteiger partial charge in [-0.1, -0.05) is 60.1 Å². The quantitative estimate of drug-likeness (QED) is 0.220. The van der Waals surface area contributed by atoms with Crippen molar-refractivity contribution in [1.82, 2.24) is 9.97 Å². The highest BCUT2D eigenvalue weighted by Gasteiger charge is 2.14. The number of ether oxygens (including phenoxy) is 3. The maximum atomic E-state index is 12.3. The molecule has 0 saturated carbocycles. The number of carbonyl (C=O) groups excluding carboxylic acids is 1. The fraction of sp³-hybridized carbons (Fsp3) is 0.0690. The van der Waals surface area contributed by atoms with Gasteiger partial charge in [-0.2, -0.15) is 0 Å². The number of urea groups is 1. The van der Waals surface area contributed by atoms with Crippen molar-refractivity contribution in [2.75, 3.05) is 17.7 Å². The molecule has 0 atom stereocenters. The molecule has 190 valence electrons. The Labute approximate surface area is 224 Å². The van der Waals surface area contributed by atoms with Crippen LogP contribution in [0.15, 0.2) is 97.3 Å². The second kappa shape index (κ2) is 11.5. The number of methoxy groups -OCH3 is 1. The highest BCUT2D eigenvalue weighted by atomic mass is 35.5. The Morgan fingerprint density at radius 1 is 0.868 bits per heavy atom. The van der Waals surface area contributed by atoms with Gasteiger partial charge in [-0.3, -0.25) is 0 Å². The number of hydrogen-bond donors (Lipinski definition) is 2. The highest BCUT2D eigenvalue weighted by molar-refractivity contribution is 6.34. The van der Waals surface area contributed by atoms with E-state index in [0.29, 0.717) is 57.0 Å². The molecule has 4 aromatic carbocycles. The molecule has 0 bridgehead atoms. The summed E-state index contributed by atoms with van der Waals surface area (Å²) in [6.45, 7) is 0.388. The summed E-state index contributed by atoms with van der Waals surface area (Å²) in [4.78, 5) is 21.0. The van der Waals surface area contributed by atoms with E-state index in [9.17, 15) is 4.79 Å². The maximum absolute atomic E-state index is 12.3. The van der Waals surface area contributed by atoms with E-state index in [0.717, 1.165) is 5.56 Å². The van der Waals surface area contributed by atoms with Crippen molar-refractivity contribution in [2.45, 2.75) is 6.61 Å². The number of aromatic nitrogens is 2. The summed E-state index contributed by atoms with van der Waals surface area (Å²) in [5.74, 6) is 1.84. The van der Waals surface area contributed by atoms with Gasteiger partial charge in [-0.15, -0.1) is 0 Å². The largest absolute Gasteiger partial charge is 0.493 e. The lowest BCUT2D eigenvalue weighted by Gasteiger charge is -2.14. The summed E-state index contributed by atoms with van der Waals surface area (Å²) in [5.41, 5.74) is 2.76. The van der Waals surface area contributed by atoms with Crippen molar-refractivity contribution in [1.29, 1.82) is 0 Å². The van der Waals surface area contributed by atoms with Gasteiger partial charge in [0.2, 0.25) is 5.88 Å². The second-order valence-electron chi connectivity index (χ2n) is 8.16. The molecule has 0 fully saturated rings. The molecule has 0 saturated heterocycles. The van der Waals surface area contributed by atoms with E-state index in [4.69, 9.17) is 25.8 Å². The molecule has 38 heavy (non-hydrogen) atoms. The van der Waals surface area contributed by atoms with E-state index >= 15 is 0 Å². The second-order valence-corrected chi connectivity index (χ2v) is 8.57. The molecule has 0 aliphatic heterocycles. The minimum absolute atomic E-state index is 0.304. The Morgan fingerprint density at radius 3 is 2.37 bits per heavy atom. The van der Waals surface area contributed by atoms with Gasteiger partial charge in [0.25, 0.3) is 0 Å². The average Bonchev–Trinajstić information content (AvgIpc) is 2.94. The van der Waals surface area contributed by atoms with Crippen molar-refractivity contribution >= 4 is 39.9 Å². The van der Waals surface area contributed by atoms with Crippen molar-refractivity contribution in [3.63, 3.8) is 0 Å². The Hall–Kier alpha value is -4.82. The SMILES string of the molecule is COc1cc2c(Oc3ccc(NC(=O)Nc4ccccc4)c(Cl)c3)ncnc2cc1OCc1ccccc1. The Kier molecular flexibility index (Phi) is 7.52. The van der Waals surface area contributed by atoms with Crippen LogP contribution in [0.1, 0.15) is 5.56 Å². The van der Waals surface area contributed by atoms with Gasteiger partial charge in [-0.25, -0.2) is 14.8 Å². The Bertz CT molecular complexity index is 1570. The fourth-order valence-electron chi connectivity index (χ4n) is 3.71. The van der Waals surface area contributed by atoms with E-state index < -0.39 is 6.03 Å². The summed E-state index contributed by atoms with van der Waals surface area (Å²) < 4.78 is 17.6. The molecular formula is C29H23ClN4O4. The van der Waals surface area contributed by atoms with Crippen molar-refractivity contribution in [3.05, 3.63) is 108 Å². The predicted molar refractivity (Wildman–Crippen MR) is 147 cm³/mol. The number of nitrogens with one attached hydrogen (secondary N) is 2. The maximum Gasteiger partial charge on any atom is 0.323 e. The van der Waals surface area contributed by atoms with Crippen LogP contribution in [0.4, 0.5) is 16.2 Å². The zero-order chi connectivity index (χ0) is 26.3. The van der Waals surface area contributed by atoms with Gasteiger partial charge in [0.15, 0.2) is 11.5 Å². The zero-order valence-electron chi connectivity index (χ0n) is 20.4. The highest BCUT2D eigenvalue weighted by Crippen LogP contribution is 2.37. The zero-order valence-corrected chi connectivity index (χ0v) is 21.1. The van der Waals surface area contributed by atoms with Crippen LogP contribution >= 0.6 is 11.6 Å². The van der Waals surface area contributed by atoms with Crippen molar-refractivity contribution in [3.8, 4) is 23.1 Å². The number of carbonyl (C=O) groups is 1. The molecule has 0 unspecified atom stereocenters. The first-order chi connectivity index (χ1) is 18.6. The van der Waals surface area contributed by atoms with E-state index in [1.54, 1.807) is 49.6 Å². The van der Waals surface area contributed by atoms with Crippen LogP contribution in [0, 0.1) is 0 Å². The number of para-hydroxylation sites is 1. The van der Waals surface area contributed by atoms with Crippen LogP contribution in [-0.4, -0.2) is 23.1 Å². The van der Waals surface area contributed by atoms with E-state index in [2.05, 4.69) is 20.6 Å². The fourth-order valence-corrected chi connectivity index (χ4v) is 3.93. The van der Waals surface area contributed by atoms with Crippen LogP contribution in [0.5, 0.6) is 23.1 Å². The third-order valence-corrected chi connectivity index (χ3v) is 5.87. The van der Waals surface area contributed by atoms with Gasteiger partial charge in [0.1, 0.15) is 18.7 Å². The number of fused-ring (bicyclic) bond motifs is 1. The molecule has 0 radical (unpaired) electrons. The summed E-state index contributed by atoms with van der Waals surface area (Å²) in [7, 11) is 1.57. The first-order valence-electron chi connectivity index (χ1n) is 11.7. The number of amides is 2. The minimum Gasteiger partial charge on any atom is -0.493 e. The van der Waals surface area contributed by atoms with Crippen LogP contribution in [0.2, 0.25) is 5.02 Å². The third kappa shape index (κ3) is 5.93. The molecule has 1 aromatic heterocycles. The van der Waals surface area contributed by atoms with Crippen molar-refractivity contribution < 1.29 is 19.0 Å². The topological polar surface area (TPSA) is 94.6 Å². The number of hydrogen-bond acceptors (Lipinski definition) is 6. The van der Waals surface area contributed by atoms with Gasteiger partial charge in [0, 0.05) is 17.8 Å². The molecule has 5 aromatic rings. The lowest BCUT2D eigenvalue weighted by atomic mass is 10.2. The van der Waals surface area contributed by atoms with E-state index in [1.165, 1.54) is 6.33 Å². The first kappa shape index (κ1) is 24.9. The van der Waals surface area contributed by atoms with E-state index in [1.807, 2.05) is 48.5 Å². The van der Waals surface area contributed by atoms with E-state index in [-0.39, 0.29) is 0 Å². The van der Waals surface area contributed by atoms with Crippen LogP contribution < -0.4 is 24.8 Å². The third-order valence-electron chi connectivity index (χ3n) is 5.56.